The molecule has 6 nitrogen and oxygen atoms in total. The first-order valence-corrected chi connectivity index (χ1v) is 6.48. The van der Waals surface area contributed by atoms with Crippen LogP contribution in [0, 0.1) is 11.3 Å². The van der Waals surface area contributed by atoms with Crippen LogP contribution in [0.25, 0.3) is 0 Å². The fraction of sp³-hybridized carbons (Fsp3) is 0.267. The van der Waals surface area contributed by atoms with Crippen molar-refractivity contribution in [1.82, 2.24) is 15.1 Å². The lowest BCUT2D eigenvalue weighted by Gasteiger charge is -2.10. The zero-order chi connectivity index (χ0) is 15.1. The SMILES string of the molecule is COC[C@@H](C#N)NC(=O)c1ccc(Cn2cccn2)cc1. The van der Waals surface area contributed by atoms with Crippen LogP contribution in [-0.2, 0) is 11.3 Å². The molecule has 1 atom stereocenters. The third kappa shape index (κ3) is 4.16. The smallest absolute Gasteiger partial charge is 0.252 e. The Morgan fingerprint density at radius 2 is 2.24 bits per heavy atom. The number of benzene rings is 1. The quantitative estimate of drug-likeness (QED) is 0.864. The van der Waals surface area contributed by atoms with E-state index in [1.54, 1.807) is 23.0 Å². The molecule has 2 rings (SSSR count). The maximum atomic E-state index is 12.0. The molecule has 1 amide bonds. The van der Waals surface area contributed by atoms with Gasteiger partial charge in [-0.25, -0.2) is 0 Å². The molecule has 0 fully saturated rings. The molecular formula is C15H16N4O2. The molecule has 0 aliphatic carbocycles. The zero-order valence-electron chi connectivity index (χ0n) is 11.7. The minimum Gasteiger partial charge on any atom is -0.381 e. The Morgan fingerprint density at radius 1 is 1.48 bits per heavy atom. The average Bonchev–Trinajstić information content (AvgIpc) is 3.00. The number of amides is 1. The minimum atomic E-state index is -0.647. The number of nitrogens with zero attached hydrogens (tertiary/aromatic N) is 3. The van der Waals surface area contributed by atoms with Crippen molar-refractivity contribution in [2.75, 3.05) is 13.7 Å². The molecule has 6 heteroatoms. The molecule has 1 aromatic heterocycles. The lowest BCUT2D eigenvalue weighted by Crippen LogP contribution is -2.36. The highest BCUT2D eigenvalue weighted by atomic mass is 16.5. The van der Waals surface area contributed by atoms with E-state index in [9.17, 15) is 4.79 Å². The number of carbonyl (C=O) groups is 1. The van der Waals surface area contributed by atoms with E-state index in [1.807, 2.05) is 30.5 Å². The van der Waals surface area contributed by atoms with Gasteiger partial charge in [0.25, 0.3) is 5.91 Å². The van der Waals surface area contributed by atoms with Gasteiger partial charge in [-0.1, -0.05) is 12.1 Å². The summed E-state index contributed by atoms with van der Waals surface area (Å²) in [5.74, 6) is -0.288. The molecule has 0 aliphatic rings. The Balaban J connectivity index is 1.98. The molecule has 1 N–H and O–H groups in total. The van der Waals surface area contributed by atoms with Crippen LogP contribution in [-0.4, -0.2) is 35.4 Å². The number of hydrogen-bond donors (Lipinski definition) is 1. The number of carbonyl (C=O) groups excluding carboxylic acids is 1. The van der Waals surface area contributed by atoms with Crippen LogP contribution in [0.2, 0.25) is 0 Å². The number of ether oxygens (including phenoxy) is 1. The van der Waals surface area contributed by atoms with Crippen molar-refractivity contribution < 1.29 is 9.53 Å². The Bertz CT molecular complexity index is 614. The van der Waals surface area contributed by atoms with Gasteiger partial charge in [0.1, 0.15) is 6.04 Å². The lowest BCUT2D eigenvalue weighted by molar-refractivity contribution is 0.0918. The number of aromatic nitrogens is 2. The molecule has 1 heterocycles. The molecule has 0 unspecified atom stereocenters. The third-order valence-corrected chi connectivity index (χ3v) is 2.91. The standard InChI is InChI=1S/C15H16N4O2/c1-21-11-14(9-16)18-15(20)13-5-3-12(4-6-13)10-19-8-2-7-17-19/h2-8,14H,10-11H2,1H3,(H,18,20)/t14-/m1/s1. The van der Waals surface area contributed by atoms with Gasteiger partial charge in [-0.15, -0.1) is 0 Å². The van der Waals surface area contributed by atoms with Gasteiger partial charge in [-0.2, -0.15) is 10.4 Å². The molecule has 0 saturated heterocycles. The number of nitriles is 1. The van der Waals surface area contributed by atoms with Crippen molar-refractivity contribution >= 4 is 5.91 Å². The van der Waals surface area contributed by atoms with Gasteiger partial charge in [0, 0.05) is 25.1 Å². The van der Waals surface area contributed by atoms with E-state index in [0.717, 1.165) is 5.56 Å². The van der Waals surface area contributed by atoms with E-state index in [1.165, 1.54) is 7.11 Å². The predicted octanol–water partition coefficient (Wildman–Crippen LogP) is 1.20. The van der Waals surface area contributed by atoms with Gasteiger partial charge < -0.3 is 10.1 Å². The first kappa shape index (κ1) is 14.8. The highest BCUT2D eigenvalue weighted by molar-refractivity contribution is 5.94. The lowest BCUT2D eigenvalue weighted by atomic mass is 10.1. The average molecular weight is 284 g/mol. The summed E-state index contributed by atoms with van der Waals surface area (Å²) in [4.78, 5) is 12.0. The Hall–Kier alpha value is -2.65. The summed E-state index contributed by atoms with van der Waals surface area (Å²) in [5.41, 5.74) is 1.56. The maximum Gasteiger partial charge on any atom is 0.252 e. The van der Waals surface area contributed by atoms with Crippen molar-refractivity contribution in [3.63, 3.8) is 0 Å². The van der Waals surface area contributed by atoms with Crippen LogP contribution in [0.4, 0.5) is 0 Å². The Morgan fingerprint density at radius 3 is 2.81 bits per heavy atom. The highest BCUT2D eigenvalue weighted by Gasteiger charge is 2.12. The van der Waals surface area contributed by atoms with Gasteiger partial charge in [0.2, 0.25) is 0 Å². The van der Waals surface area contributed by atoms with Gasteiger partial charge in [0.05, 0.1) is 19.2 Å². The van der Waals surface area contributed by atoms with Gasteiger partial charge in [0.15, 0.2) is 0 Å². The van der Waals surface area contributed by atoms with Gasteiger partial charge >= 0.3 is 0 Å². The third-order valence-electron chi connectivity index (χ3n) is 2.91. The van der Waals surface area contributed by atoms with Crippen molar-refractivity contribution in [2.45, 2.75) is 12.6 Å². The molecule has 0 radical (unpaired) electrons. The van der Waals surface area contributed by atoms with Crippen LogP contribution >= 0.6 is 0 Å². The van der Waals surface area contributed by atoms with E-state index in [0.29, 0.717) is 12.1 Å². The van der Waals surface area contributed by atoms with Crippen LogP contribution < -0.4 is 5.32 Å². The number of methoxy groups -OCH3 is 1. The second-order valence-corrected chi connectivity index (χ2v) is 4.51. The molecule has 21 heavy (non-hydrogen) atoms. The molecule has 108 valence electrons. The highest BCUT2D eigenvalue weighted by Crippen LogP contribution is 2.06. The number of nitrogens with one attached hydrogen (secondary N) is 1. The molecular weight excluding hydrogens is 268 g/mol. The summed E-state index contributed by atoms with van der Waals surface area (Å²) in [6, 6.07) is 10.4. The van der Waals surface area contributed by atoms with Crippen molar-refractivity contribution in [3.05, 3.63) is 53.9 Å². The van der Waals surface area contributed by atoms with Crippen LogP contribution in [0.15, 0.2) is 42.7 Å². The van der Waals surface area contributed by atoms with Gasteiger partial charge in [-0.05, 0) is 23.8 Å². The fourth-order valence-corrected chi connectivity index (χ4v) is 1.86. The summed E-state index contributed by atoms with van der Waals surface area (Å²) in [5, 5.41) is 15.6. The van der Waals surface area contributed by atoms with Crippen molar-refractivity contribution in [1.29, 1.82) is 5.26 Å². The van der Waals surface area contributed by atoms with Gasteiger partial charge in [-0.3, -0.25) is 9.48 Å². The van der Waals surface area contributed by atoms with Crippen LogP contribution in [0.1, 0.15) is 15.9 Å². The summed E-state index contributed by atoms with van der Waals surface area (Å²) in [7, 11) is 1.49. The van der Waals surface area contributed by atoms with E-state index < -0.39 is 6.04 Å². The molecule has 0 saturated carbocycles. The fourth-order valence-electron chi connectivity index (χ4n) is 1.86. The monoisotopic (exact) mass is 284 g/mol. The predicted molar refractivity (Wildman–Crippen MR) is 76.5 cm³/mol. The molecule has 0 bridgehead atoms. The van der Waals surface area contributed by atoms with Crippen LogP contribution in [0.3, 0.4) is 0 Å². The number of rotatable bonds is 6. The summed E-state index contributed by atoms with van der Waals surface area (Å²) < 4.78 is 6.67. The van der Waals surface area contributed by atoms with E-state index in [4.69, 9.17) is 10.00 Å². The summed E-state index contributed by atoms with van der Waals surface area (Å²) in [6.07, 6.45) is 3.60. The summed E-state index contributed by atoms with van der Waals surface area (Å²) >= 11 is 0. The number of hydrogen-bond acceptors (Lipinski definition) is 4. The first-order chi connectivity index (χ1) is 10.2. The Labute approximate surface area is 123 Å². The maximum absolute atomic E-state index is 12.0. The van der Waals surface area contributed by atoms with Crippen LogP contribution in [0.5, 0.6) is 0 Å². The van der Waals surface area contributed by atoms with Crippen molar-refractivity contribution in [3.8, 4) is 6.07 Å². The Kier molecular flexibility index (Phi) is 5.07. The molecule has 0 spiro atoms. The topological polar surface area (TPSA) is 79.9 Å². The van der Waals surface area contributed by atoms with E-state index in [2.05, 4.69) is 10.4 Å². The second kappa shape index (κ2) is 7.22. The normalized spacial score (nSPS) is 11.6. The minimum absolute atomic E-state index is 0.166. The molecule has 2 aromatic rings. The van der Waals surface area contributed by atoms with E-state index in [-0.39, 0.29) is 12.5 Å². The summed E-state index contributed by atoms with van der Waals surface area (Å²) in [6.45, 7) is 0.818. The zero-order valence-corrected chi connectivity index (χ0v) is 11.7. The second-order valence-electron chi connectivity index (χ2n) is 4.51. The largest absolute Gasteiger partial charge is 0.381 e. The molecule has 1 aromatic carbocycles. The van der Waals surface area contributed by atoms with E-state index >= 15 is 0 Å². The van der Waals surface area contributed by atoms with Crippen molar-refractivity contribution in [2.24, 2.45) is 0 Å². The first-order valence-electron chi connectivity index (χ1n) is 6.48. The molecule has 0 aliphatic heterocycles.